The van der Waals surface area contributed by atoms with Gasteiger partial charge in [0.2, 0.25) is 5.82 Å². The first-order valence-corrected chi connectivity index (χ1v) is 7.86. The van der Waals surface area contributed by atoms with E-state index in [4.69, 9.17) is 16.0 Å². The van der Waals surface area contributed by atoms with Crippen molar-refractivity contribution >= 4 is 17.5 Å². The maximum absolute atomic E-state index is 12.7. The molecule has 0 unspecified atom stereocenters. The number of rotatable bonds is 4. The number of para-hydroxylation sites is 1. The number of benzene rings is 1. The molecule has 0 fully saturated rings. The molecule has 2 aromatic heterocycles. The molecule has 24 heavy (non-hydrogen) atoms. The number of furan rings is 1. The van der Waals surface area contributed by atoms with Crippen molar-refractivity contribution in [1.29, 1.82) is 0 Å². The molecule has 3 aromatic rings. The van der Waals surface area contributed by atoms with Crippen molar-refractivity contribution in [3.63, 3.8) is 0 Å². The third-order valence-corrected chi connectivity index (χ3v) is 4.22. The summed E-state index contributed by atoms with van der Waals surface area (Å²) in [6.45, 7) is 3.66. The van der Waals surface area contributed by atoms with E-state index in [0.717, 1.165) is 0 Å². The molecule has 0 N–H and O–H groups in total. The van der Waals surface area contributed by atoms with Crippen molar-refractivity contribution in [2.75, 3.05) is 7.05 Å². The van der Waals surface area contributed by atoms with Gasteiger partial charge in [-0.05, 0) is 38.1 Å². The van der Waals surface area contributed by atoms with Gasteiger partial charge in [0.25, 0.3) is 5.91 Å². The van der Waals surface area contributed by atoms with Crippen molar-refractivity contribution < 1.29 is 9.21 Å². The maximum Gasteiger partial charge on any atom is 0.293 e. The van der Waals surface area contributed by atoms with Crippen LogP contribution in [0.4, 0.5) is 0 Å². The van der Waals surface area contributed by atoms with Crippen LogP contribution in [0.5, 0.6) is 0 Å². The van der Waals surface area contributed by atoms with Gasteiger partial charge in [-0.2, -0.15) is 0 Å². The molecule has 2 heterocycles. The van der Waals surface area contributed by atoms with Crippen LogP contribution in [0.2, 0.25) is 5.02 Å². The summed E-state index contributed by atoms with van der Waals surface area (Å²) < 4.78 is 6.93. The first kappa shape index (κ1) is 16.3. The zero-order chi connectivity index (χ0) is 17.3. The largest absolute Gasteiger partial charge is 0.467 e. The number of hydrogen-bond acceptors (Lipinski definition) is 4. The fourth-order valence-electron chi connectivity index (χ4n) is 2.39. The van der Waals surface area contributed by atoms with Gasteiger partial charge in [0.1, 0.15) is 11.6 Å². The average molecular weight is 345 g/mol. The normalized spacial score (nSPS) is 12.2. The summed E-state index contributed by atoms with van der Waals surface area (Å²) in [6, 6.07) is 10.7. The monoisotopic (exact) mass is 344 g/mol. The van der Waals surface area contributed by atoms with Gasteiger partial charge in [0.05, 0.1) is 23.0 Å². The Kier molecular flexibility index (Phi) is 4.40. The SMILES string of the molecule is Cc1nc(C(=O)N(C)[C@@H](C)c2ccco2)nn1-c1ccccc1Cl. The van der Waals surface area contributed by atoms with Crippen LogP contribution in [0.3, 0.4) is 0 Å². The average Bonchev–Trinajstić information content (AvgIpc) is 3.23. The molecule has 0 radical (unpaired) electrons. The highest BCUT2D eigenvalue weighted by molar-refractivity contribution is 6.32. The molecule has 1 aromatic carbocycles. The Bertz CT molecular complexity index is 857. The highest BCUT2D eigenvalue weighted by atomic mass is 35.5. The Morgan fingerprint density at radius 3 is 2.71 bits per heavy atom. The third-order valence-electron chi connectivity index (χ3n) is 3.90. The summed E-state index contributed by atoms with van der Waals surface area (Å²) in [5.41, 5.74) is 0.685. The predicted molar refractivity (Wildman–Crippen MR) is 90.3 cm³/mol. The summed E-state index contributed by atoms with van der Waals surface area (Å²) in [5, 5.41) is 4.87. The van der Waals surface area contributed by atoms with Crippen molar-refractivity contribution in [2.45, 2.75) is 19.9 Å². The molecule has 0 aliphatic heterocycles. The summed E-state index contributed by atoms with van der Waals surface area (Å²) in [6.07, 6.45) is 1.58. The van der Waals surface area contributed by atoms with E-state index < -0.39 is 0 Å². The van der Waals surface area contributed by atoms with Crippen molar-refractivity contribution in [3.8, 4) is 5.69 Å². The lowest BCUT2D eigenvalue weighted by molar-refractivity contribution is 0.0714. The third kappa shape index (κ3) is 2.92. The van der Waals surface area contributed by atoms with Crippen LogP contribution in [0.1, 0.15) is 35.2 Å². The minimum absolute atomic E-state index is 0.119. The van der Waals surface area contributed by atoms with Gasteiger partial charge in [0, 0.05) is 7.05 Å². The lowest BCUT2D eigenvalue weighted by Crippen LogP contribution is -2.30. The van der Waals surface area contributed by atoms with E-state index in [2.05, 4.69) is 10.1 Å². The molecule has 0 saturated heterocycles. The Labute approximate surface area is 144 Å². The van der Waals surface area contributed by atoms with E-state index in [1.54, 1.807) is 41.9 Å². The zero-order valence-electron chi connectivity index (χ0n) is 13.6. The molecular weight excluding hydrogens is 328 g/mol. The van der Waals surface area contributed by atoms with Crippen molar-refractivity contribution in [1.82, 2.24) is 19.7 Å². The van der Waals surface area contributed by atoms with E-state index in [-0.39, 0.29) is 17.8 Å². The molecule has 0 aliphatic rings. The van der Waals surface area contributed by atoms with Gasteiger partial charge in [-0.3, -0.25) is 4.79 Å². The molecule has 7 heteroatoms. The van der Waals surface area contributed by atoms with E-state index in [9.17, 15) is 4.79 Å². The minimum Gasteiger partial charge on any atom is -0.467 e. The van der Waals surface area contributed by atoms with Crippen LogP contribution in [0.15, 0.2) is 47.1 Å². The number of aryl methyl sites for hydroxylation is 1. The summed E-state index contributed by atoms with van der Waals surface area (Å²) >= 11 is 6.20. The van der Waals surface area contributed by atoms with Gasteiger partial charge in [-0.15, -0.1) is 5.10 Å². The molecular formula is C17H17ClN4O2. The second-order valence-corrected chi connectivity index (χ2v) is 5.86. The number of amides is 1. The van der Waals surface area contributed by atoms with Crippen LogP contribution in [-0.2, 0) is 0 Å². The van der Waals surface area contributed by atoms with E-state index in [0.29, 0.717) is 22.3 Å². The van der Waals surface area contributed by atoms with Crippen LogP contribution in [0, 0.1) is 6.92 Å². The van der Waals surface area contributed by atoms with Crippen molar-refractivity contribution in [3.05, 3.63) is 65.1 Å². The molecule has 1 atom stereocenters. The smallest absolute Gasteiger partial charge is 0.293 e. The predicted octanol–water partition coefficient (Wildman–Crippen LogP) is 3.66. The molecule has 0 aliphatic carbocycles. The Morgan fingerprint density at radius 2 is 2.04 bits per heavy atom. The van der Waals surface area contributed by atoms with Crippen LogP contribution in [0.25, 0.3) is 5.69 Å². The Balaban J connectivity index is 1.89. The standard InChI is InChI=1S/C17H17ClN4O2/c1-11(15-9-6-10-24-15)21(3)17(23)16-19-12(2)22(20-16)14-8-5-4-7-13(14)18/h4-11H,1-3H3/t11-/m0/s1. The highest BCUT2D eigenvalue weighted by Gasteiger charge is 2.25. The molecule has 6 nitrogen and oxygen atoms in total. The molecule has 124 valence electrons. The maximum atomic E-state index is 12.7. The summed E-state index contributed by atoms with van der Waals surface area (Å²) in [4.78, 5) is 18.5. The van der Waals surface area contributed by atoms with Gasteiger partial charge in [-0.25, -0.2) is 9.67 Å². The summed E-state index contributed by atoms with van der Waals surface area (Å²) in [7, 11) is 1.70. The number of nitrogens with zero attached hydrogens (tertiary/aromatic N) is 4. The Hall–Kier alpha value is -2.60. The van der Waals surface area contributed by atoms with Crippen LogP contribution < -0.4 is 0 Å². The fraction of sp³-hybridized carbons (Fsp3) is 0.235. The van der Waals surface area contributed by atoms with Gasteiger partial charge >= 0.3 is 0 Å². The number of hydrogen-bond donors (Lipinski definition) is 0. The van der Waals surface area contributed by atoms with Gasteiger partial charge in [0.15, 0.2) is 0 Å². The first-order chi connectivity index (χ1) is 11.5. The van der Waals surface area contributed by atoms with E-state index in [1.807, 2.05) is 31.2 Å². The number of aromatic nitrogens is 3. The molecule has 0 spiro atoms. The van der Waals surface area contributed by atoms with Crippen molar-refractivity contribution in [2.24, 2.45) is 0 Å². The zero-order valence-corrected chi connectivity index (χ0v) is 14.4. The molecule has 3 rings (SSSR count). The molecule has 1 amide bonds. The quantitative estimate of drug-likeness (QED) is 0.724. The fourth-order valence-corrected chi connectivity index (χ4v) is 2.60. The lowest BCUT2D eigenvalue weighted by Gasteiger charge is -2.21. The number of halogens is 1. The lowest BCUT2D eigenvalue weighted by atomic mass is 10.2. The van der Waals surface area contributed by atoms with Gasteiger partial charge < -0.3 is 9.32 Å². The first-order valence-electron chi connectivity index (χ1n) is 7.48. The highest BCUT2D eigenvalue weighted by Crippen LogP contribution is 2.22. The van der Waals surface area contributed by atoms with Crippen LogP contribution >= 0.6 is 11.6 Å². The number of carbonyl (C=O) groups excluding carboxylic acids is 1. The minimum atomic E-state index is -0.284. The molecule has 0 saturated carbocycles. The van der Waals surface area contributed by atoms with Crippen LogP contribution in [-0.4, -0.2) is 32.6 Å². The van der Waals surface area contributed by atoms with E-state index >= 15 is 0 Å². The molecule has 0 bridgehead atoms. The summed E-state index contributed by atoms with van der Waals surface area (Å²) in [5.74, 6) is 1.12. The van der Waals surface area contributed by atoms with E-state index in [1.165, 1.54) is 0 Å². The second kappa shape index (κ2) is 6.49. The Morgan fingerprint density at radius 1 is 1.29 bits per heavy atom. The van der Waals surface area contributed by atoms with Gasteiger partial charge in [-0.1, -0.05) is 23.7 Å². The topological polar surface area (TPSA) is 64.2 Å². The number of carbonyl (C=O) groups is 1. The second-order valence-electron chi connectivity index (χ2n) is 5.45.